The van der Waals surface area contributed by atoms with Crippen LogP contribution in [0.3, 0.4) is 0 Å². The van der Waals surface area contributed by atoms with Crippen LogP contribution in [0, 0.1) is 0 Å². The molecule has 1 aromatic carbocycles. The molecule has 5 heteroatoms. The van der Waals surface area contributed by atoms with Crippen molar-refractivity contribution in [3.8, 4) is 0 Å². The molecule has 0 saturated carbocycles. The van der Waals surface area contributed by atoms with Crippen molar-refractivity contribution in [3.63, 3.8) is 0 Å². The van der Waals surface area contributed by atoms with Crippen LogP contribution in [0.1, 0.15) is 41.5 Å². The molecule has 0 fully saturated rings. The average Bonchev–Trinajstić information content (AvgIpc) is 2.66. The van der Waals surface area contributed by atoms with Crippen molar-refractivity contribution >= 4 is 14.0 Å². The van der Waals surface area contributed by atoms with Gasteiger partial charge in [-0.25, -0.2) is 12.1 Å². The predicted octanol–water partition coefficient (Wildman–Crippen LogP) is 2.26. The zero-order chi connectivity index (χ0) is 16.7. The third kappa shape index (κ3) is 53.2. The monoisotopic (exact) mass is 393 g/mol. The average molecular weight is 395 g/mol. The Morgan fingerprint density at radius 2 is 0.905 bits per heavy atom. The Hall–Kier alpha value is 0.330. The Labute approximate surface area is 152 Å². The van der Waals surface area contributed by atoms with E-state index in [1.165, 1.54) is 0 Å². The van der Waals surface area contributed by atoms with E-state index in [4.69, 9.17) is 15.3 Å². The van der Waals surface area contributed by atoms with Crippen molar-refractivity contribution in [1.29, 1.82) is 0 Å². The molecule has 1 rings (SSSR count). The topological polar surface area (TPSA) is 60.7 Å². The first-order chi connectivity index (χ1) is 9.00. The molecular weight excluding hydrogens is 359 g/mol. The van der Waals surface area contributed by atoms with Crippen molar-refractivity contribution in [2.75, 3.05) is 0 Å². The maximum atomic E-state index is 8.06. The van der Waals surface area contributed by atoms with Crippen molar-refractivity contribution in [2.24, 2.45) is 0 Å². The normalized spacial score (nSPS) is 9.10. The molecule has 0 saturated heterocycles. The van der Waals surface area contributed by atoms with Crippen LogP contribution in [-0.2, 0) is 26.2 Å². The molecule has 0 aliphatic heterocycles. The van der Waals surface area contributed by atoms with Gasteiger partial charge in [0.05, 0.1) is 0 Å². The molecule has 3 N–H and O–H groups in total. The third-order valence-corrected chi connectivity index (χ3v) is 3.07. The maximum absolute atomic E-state index is 8.06. The van der Waals surface area contributed by atoms with E-state index in [1.807, 2.05) is 0 Å². The summed E-state index contributed by atoms with van der Waals surface area (Å²) < 4.78 is 0. The summed E-state index contributed by atoms with van der Waals surface area (Å²) in [5, 5.41) is 25.7. The number of hydrogen-bond donors (Lipinski definition) is 3. The summed E-state index contributed by atoms with van der Waals surface area (Å²) in [5.41, 5.74) is 0. The van der Waals surface area contributed by atoms with Crippen molar-refractivity contribution < 1.29 is 41.5 Å². The molecule has 0 bridgehead atoms. The van der Waals surface area contributed by atoms with E-state index in [2.05, 4.69) is 37.4 Å². The zero-order valence-corrected chi connectivity index (χ0v) is 18.6. The van der Waals surface area contributed by atoms with Gasteiger partial charge in [0, 0.05) is 53.3 Å². The van der Waals surface area contributed by atoms with E-state index in [1.54, 1.807) is 46.7 Å². The van der Waals surface area contributed by atoms with Crippen LogP contribution < -0.4 is 5.19 Å². The van der Waals surface area contributed by atoms with E-state index in [0.29, 0.717) is 0 Å². The number of aliphatic hydroxyl groups excluding tert-OH is 3. The van der Waals surface area contributed by atoms with Crippen LogP contribution in [0.4, 0.5) is 0 Å². The van der Waals surface area contributed by atoms with E-state index in [0.717, 1.165) is 0 Å². The summed E-state index contributed by atoms with van der Waals surface area (Å²) in [5.74, 6) is 0. The quantitative estimate of drug-likeness (QED) is 0.506. The van der Waals surface area contributed by atoms with Crippen LogP contribution in [0.15, 0.2) is 24.3 Å². The van der Waals surface area contributed by atoms with E-state index in [-0.39, 0.29) is 44.5 Å². The molecule has 0 heterocycles. The molecule has 0 radical (unpaired) electrons. The first-order valence-electron chi connectivity index (χ1n) is 7.26. The maximum Gasteiger partial charge on any atom is 0.0483 e. The Balaban J connectivity index is -0.0000000973. The smallest absolute Gasteiger partial charge is 0.0483 e. The van der Waals surface area contributed by atoms with E-state index >= 15 is 0 Å². The van der Waals surface area contributed by atoms with Crippen molar-refractivity contribution in [2.45, 2.75) is 72.9 Å². The van der Waals surface area contributed by atoms with Gasteiger partial charge in [-0.1, -0.05) is 13.1 Å². The first kappa shape index (κ1) is 29.4. The van der Waals surface area contributed by atoms with Crippen LogP contribution in [-0.4, -0.2) is 42.4 Å². The second-order valence-electron chi connectivity index (χ2n) is 5.65. The molecule has 0 aliphatic carbocycles. The minimum Gasteiger partial charge on any atom is -0.394 e. The van der Waals surface area contributed by atoms with Gasteiger partial charge in [0.1, 0.15) is 0 Å². The molecule has 21 heavy (non-hydrogen) atoms. The first-order valence-corrected chi connectivity index (χ1v) is 10.1. The molecule has 0 amide bonds. The minimum atomic E-state index is -0.480. The number of hydrogen-bond acceptors (Lipinski definition) is 3. The molecule has 0 aliphatic rings. The number of rotatable bonds is 1. The van der Waals surface area contributed by atoms with Gasteiger partial charge < -0.3 is 15.3 Å². The largest absolute Gasteiger partial charge is 0.394 e. The Morgan fingerprint density at radius 3 is 1.00 bits per heavy atom. The van der Waals surface area contributed by atoms with Crippen LogP contribution in [0.25, 0.3) is 0 Å². The molecule has 0 atom stereocenters. The number of aliphatic hydroxyl groups is 3. The van der Waals surface area contributed by atoms with Gasteiger partial charge in [0.25, 0.3) is 0 Å². The van der Waals surface area contributed by atoms with E-state index < -0.39 is 8.80 Å². The van der Waals surface area contributed by atoms with Gasteiger partial charge in [-0.15, -0.1) is 0 Å². The Bertz CT molecular complexity index is 238. The molecule has 1 aromatic rings. The van der Waals surface area contributed by atoms with Crippen LogP contribution >= 0.6 is 0 Å². The fraction of sp³-hybridized carbons (Fsp3) is 0.688. The summed E-state index contributed by atoms with van der Waals surface area (Å²) in [4.78, 5) is 0. The van der Waals surface area contributed by atoms with Gasteiger partial charge in [-0.05, 0) is 41.5 Å². The van der Waals surface area contributed by atoms with Gasteiger partial charge >= 0.3 is 0 Å². The van der Waals surface area contributed by atoms with Gasteiger partial charge in [-0.3, -0.25) is 0 Å². The molecule has 0 unspecified atom stereocenters. The summed E-state index contributed by atoms with van der Waals surface area (Å²) in [6.45, 7) is 15.0. The predicted molar refractivity (Wildman–Crippen MR) is 92.6 cm³/mol. The second-order valence-corrected chi connectivity index (χ2v) is 8.63. The molecule has 0 aromatic heterocycles. The molecular formula is C16H35O3SiZr-. The standard InChI is InChI=1S/C7H11Si.3C3H8O.Zr/c1-8(2)7-5-3-4-6-7;3*1-3(2)4;/h3-6,8H,1-2H3;3*3-4H,1-2H3;/q-1;;;;. The third-order valence-electron chi connectivity index (χ3n) is 1.36. The second kappa shape index (κ2) is 20.3. The summed E-state index contributed by atoms with van der Waals surface area (Å²) >= 11 is 0. The summed E-state index contributed by atoms with van der Waals surface area (Å²) in [6.07, 6.45) is -0.500. The minimum absolute atomic E-state index is 0. The zero-order valence-electron chi connectivity index (χ0n) is 15.0. The van der Waals surface area contributed by atoms with Crippen molar-refractivity contribution in [1.82, 2.24) is 0 Å². The van der Waals surface area contributed by atoms with Gasteiger partial charge in [-0.2, -0.15) is 17.3 Å². The summed E-state index contributed by atoms with van der Waals surface area (Å²) in [6, 6.07) is 8.67. The van der Waals surface area contributed by atoms with Crippen LogP contribution in [0.5, 0.6) is 0 Å². The molecule has 126 valence electrons. The SMILES string of the molecule is CC(C)O.CC(C)O.CC(C)O.C[SiH](C)[c-]1cccc1.[Zr]. The van der Waals surface area contributed by atoms with Gasteiger partial charge in [0.15, 0.2) is 0 Å². The Morgan fingerprint density at radius 1 is 0.714 bits per heavy atom. The van der Waals surface area contributed by atoms with Crippen LogP contribution in [0.2, 0.25) is 13.1 Å². The molecule has 0 spiro atoms. The fourth-order valence-corrected chi connectivity index (χ4v) is 1.77. The summed E-state index contributed by atoms with van der Waals surface area (Å²) in [7, 11) is -0.480. The Kier molecular flexibility index (Phi) is 28.4. The van der Waals surface area contributed by atoms with Gasteiger partial charge in [0.2, 0.25) is 0 Å². The fourth-order valence-electron chi connectivity index (χ4n) is 0.774. The molecule has 3 nitrogen and oxygen atoms in total. The van der Waals surface area contributed by atoms with E-state index in [9.17, 15) is 0 Å². The van der Waals surface area contributed by atoms with Crippen molar-refractivity contribution in [3.05, 3.63) is 24.3 Å².